The van der Waals surface area contributed by atoms with Crippen LogP contribution in [0.1, 0.15) is 60.8 Å². The van der Waals surface area contributed by atoms with Crippen LogP contribution in [0.2, 0.25) is 0 Å². The van der Waals surface area contributed by atoms with Crippen molar-refractivity contribution in [2.24, 2.45) is 23.0 Å². The Hall–Kier alpha value is -1.63. The van der Waals surface area contributed by atoms with Gasteiger partial charge in [0.2, 0.25) is 5.91 Å². The second-order valence-corrected chi connectivity index (χ2v) is 7.44. The fourth-order valence-electron chi connectivity index (χ4n) is 1.78. The van der Waals surface area contributed by atoms with Crippen molar-refractivity contribution in [2.45, 2.75) is 66.8 Å². The quantitative estimate of drug-likeness (QED) is 0.396. The molecular formula is C17H32N2O5. The first kappa shape index (κ1) is 22.4. The molecule has 7 nitrogen and oxygen atoms in total. The van der Waals surface area contributed by atoms with Gasteiger partial charge in [-0.15, -0.1) is 0 Å². The van der Waals surface area contributed by atoms with Crippen LogP contribution in [0.15, 0.2) is 0 Å². The lowest BCUT2D eigenvalue weighted by Crippen LogP contribution is -2.49. The lowest BCUT2D eigenvalue weighted by Gasteiger charge is -2.24. The van der Waals surface area contributed by atoms with Gasteiger partial charge < -0.3 is 11.1 Å². The van der Waals surface area contributed by atoms with E-state index in [0.717, 1.165) is 12.8 Å². The summed E-state index contributed by atoms with van der Waals surface area (Å²) >= 11 is 0. The first-order valence-electron chi connectivity index (χ1n) is 8.44. The van der Waals surface area contributed by atoms with Gasteiger partial charge in [-0.1, -0.05) is 48.0 Å². The van der Waals surface area contributed by atoms with Crippen molar-refractivity contribution in [1.82, 2.24) is 5.32 Å². The Morgan fingerprint density at radius 3 is 2.00 bits per heavy atom. The number of unbranched alkanes of at least 4 members (excludes halogenated alkanes) is 1. The van der Waals surface area contributed by atoms with E-state index in [2.05, 4.69) is 15.1 Å². The van der Waals surface area contributed by atoms with Crippen molar-refractivity contribution in [2.75, 3.05) is 6.54 Å². The van der Waals surface area contributed by atoms with Gasteiger partial charge in [0, 0.05) is 5.41 Å². The monoisotopic (exact) mass is 344 g/mol. The third-order valence-electron chi connectivity index (χ3n) is 3.59. The van der Waals surface area contributed by atoms with Crippen molar-refractivity contribution >= 4 is 17.8 Å². The molecule has 2 atom stereocenters. The van der Waals surface area contributed by atoms with Crippen LogP contribution in [0, 0.1) is 17.3 Å². The zero-order chi connectivity index (χ0) is 18.9. The molecule has 0 bridgehead atoms. The van der Waals surface area contributed by atoms with Gasteiger partial charge in [-0.3, -0.25) is 4.79 Å². The van der Waals surface area contributed by atoms with Gasteiger partial charge in [0.05, 0.1) is 5.92 Å². The van der Waals surface area contributed by atoms with Crippen LogP contribution >= 0.6 is 0 Å². The predicted molar refractivity (Wildman–Crippen MR) is 90.5 cm³/mol. The third kappa shape index (κ3) is 8.29. The van der Waals surface area contributed by atoms with Gasteiger partial charge in [-0.2, -0.15) is 0 Å². The maximum absolute atomic E-state index is 12.1. The topological polar surface area (TPSA) is 108 Å². The Balaban J connectivity index is 4.53. The summed E-state index contributed by atoms with van der Waals surface area (Å²) in [5.74, 6) is -2.26. The molecule has 0 fully saturated rings. The number of amides is 1. The van der Waals surface area contributed by atoms with Gasteiger partial charge in [0.1, 0.15) is 6.04 Å². The number of carbonyl (C=O) groups excluding carboxylic acids is 3. The summed E-state index contributed by atoms with van der Waals surface area (Å²) in [7, 11) is 0. The lowest BCUT2D eigenvalue weighted by molar-refractivity contribution is -0.264. The summed E-state index contributed by atoms with van der Waals surface area (Å²) in [5, 5.41) is 2.63. The maximum Gasteiger partial charge on any atom is 0.377 e. The van der Waals surface area contributed by atoms with Crippen molar-refractivity contribution < 1.29 is 24.2 Å². The summed E-state index contributed by atoms with van der Waals surface area (Å²) in [4.78, 5) is 45.2. The highest BCUT2D eigenvalue weighted by molar-refractivity contribution is 5.87. The van der Waals surface area contributed by atoms with E-state index in [-0.39, 0.29) is 17.7 Å². The van der Waals surface area contributed by atoms with Crippen LogP contribution in [0.3, 0.4) is 0 Å². The molecule has 0 aliphatic rings. The van der Waals surface area contributed by atoms with Crippen molar-refractivity contribution in [1.29, 1.82) is 0 Å². The molecule has 0 aliphatic carbocycles. The van der Waals surface area contributed by atoms with Gasteiger partial charge in [-0.25, -0.2) is 19.4 Å². The van der Waals surface area contributed by atoms with Gasteiger partial charge in [-0.05, 0) is 25.3 Å². The fraction of sp³-hybridized carbons (Fsp3) is 0.824. The Kier molecular flexibility index (Phi) is 9.58. The number of carbonyl (C=O) groups is 3. The Bertz CT molecular complexity index is 429. The Morgan fingerprint density at radius 1 is 1.00 bits per heavy atom. The van der Waals surface area contributed by atoms with E-state index in [1.165, 1.54) is 0 Å². The molecule has 0 aromatic rings. The smallest absolute Gasteiger partial charge is 0.342 e. The molecule has 3 N–H and O–H groups in total. The number of nitrogens with one attached hydrogen (secondary N) is 1. The largest absolute Gasteiger partial charge is 0.377 e. The Labute approximate surface area is 144 Å². The molecule has 0 aromatic heterocycles. The minimum Gasteiger partial charge on any atom is -0.342 e. The maximum atomic E-state index is 12.1. The molecule has 140 valence electrons. The second kappa shape index (κ2) is 10.3. The molecule has 7 heteroatoms. The molecule has 1 amide bonds. The van der Waals surface area contributed by atoms with Gasteiger partial charge >= 0.3 is 11.9 Å². The molecule has 24 heavy (non-hydrogen) atoms. The normalized spacial score (nSPS) is 14.0. The van der Waals surface area contributed by atoms with Crippen LogP contribution in [-0.4, -0.2) is 30.4 Å². The highest BCUT2D eigenvalue weighted by Gasteiger charge is 2.32. The van der Waals surface area contributed by atoms with Crippen molar-refractivity contribution in [3.8, 4) is 0 Å². The second-order valence-electron chi connectivity index (χ2n) is 7.44. The number of hydrogen-bond donors (Lipinski definition) is 2. The molecule has 0 radical (unpaired) electrons. The van der Waals surface area contributed by atoms with E-state index in [4.69, 9.17) is 5.73 Å². The van der Waals surface area contributed by atoms with Crippen LogP contribution < -0.4 is 11.1 Å². The Morgan fingerprint density at radius 2 is 1.54 bits per heavy atom. The third-order valence-corrected chi connectivity index (χ3v) is 3.59. The van der Waals surface area contributed by atoms with E-state index >= 15 is 0 Å². The van der Waals surface area contributed by atoms with E-state index < -0.39 is 23.4 Å². The summed E-state index contributed by atoms with van der Waals surface area (Å²) < 4.78 is 0. The first-order chi connectivity index (χ1) is 11.0. The zero-order valence-electron chi connectivity index (χ0n) is 15.7. The SMILES string of the molecule is CC(CCCCN)C(=O)OOC(=O)[C@@H](NC(=O)C(C)(C)C)C(C)C. The first-order valence-corrected chi connectivity index (χ1v) is 8.44. The lowest BCUT2D eigenvalue weighted by atomic mass is 9.94. The average molecular weight is 344 g/mol. The van der Waals surface area contributed by atoms with Crippen molar-refractivity contribution in [3.05, 3.63) is 0 Å². The van der Waals surface area contributed by atoms with Crippen LogP contribution in [-0.2, 0) is 24.2 Å². The summed E-state index contributed by atoms with van der Waals surface area (Å²) in [6, 6.07) is -0.878. The van der Waals surface area contributed by atoms with E-state index in [9.17, 15) is 14.4 Å². The molecule has 1 unspecified atom stereocenters. The summed E-state index contributed by atoms with van der Waals surface area (Å²) in [6.07, 6.45) is 2.24. The standard InChI is InChI=1S/C17H32N2O5/c1-11(2)13(19-16(22)17(4,5)6)15(21)24-23-14(20)12(3)9-7-8-10-18/h11-13H,7-10,18H2,1-6H3,(H,19,22)/t12?,13-/m0/s1. The number of rotatable bonds is 8. The van der Waals surface area contributed by atoms with E-state index in [0.29, 0.717) is 13.0 Å². The van der Waals surface area contributed by atoms with Crippen molar-refractivity contribution in [3.63, 3.8) is 0 Å². The molecule has 0 saturated carbocycles. The molecule has 0 saturated heterocycles. The molecule has 0 heterocycles. The van der Waals surface area contributed by atoms with E-state index in [1.54, 1.807) is 41.5 Å². The van der Waals surface area contributed by atoms with Crippen LogP contribution in [0.5, 0.6) is 0 Å². The van der Waals surface area contributed by atoms with Crippen LogP contribution in [0.4, 0.5) is 0 Å². The zero-order valence-corrected chi connectivity index (χ0v) is 15.7. The van der Waals surface area contributed by atoms with Gasteiger partial charge in [0.15, 0.2) is 0 Å². The summed E-state index contributed by atoms with van der Waals surface area (Å²) in [5.41, 5.74) is 4.76. The average Bonchev–Trinajstić information content (AvgIpc) is 2.48. The predicted octanol–water partition coefficient (Wildman–Crippen LogP) is 1.94. The highest BCUT2D eigenvalue weighted by Crippen LogP contribution is 2.15. The number of hydrogen-bond acceptors (Lipinski definition) is 6. The van der Waals surface area contributed by atoms with Gasteiger partial charge in [0.25, 0.3) is 0 Å². The highest BCUT2D eigenvalue weighted by atomic mass is 17.2. The summed E-state index contributed by atoms with van der Waals surface area (Å²) in [6.45, 7) is 11.0. The molecule has 0 rings (SSSR count). The van der Waals surface area contributed by atoms with Crippen LogP contribution in [0.25, 0.3) is 0 Å². The molecule has 0 aliphatic heterocycles. The number of nitrogens with two attached hydrogens (primary N) is 1. The minimum atomic E-state index is -0.878. The molecule has 0 spiro atoms. The minimum absolute atomic E-state index is 0.204. The molecular weight excluding hydrogens is 312 g/mol. The fourth-order valence-corrected chi connectivity index (χ4v) is 1.78. The molecule has 0 aromatic carbocycles. The van der Waals surface area contributed by atoms with E-state index in [1.807, 2.05) is 0 Å².